The summed E-state index contributed by atoms with van der Waals surface area (Å²) in [7, 11) is 1.31. The van der Waals surface area contributed by atoms with Crippen LogP contribution in [-0.4, -0.2) is 24.0 Å². The lowest BCUT2D eigenvalue weighted by molar-refractivity contribution is 0.0566. The molecule has 0 aliphatic carbocycles. The molecule has 0 unspecified atom stereocenters. The molecule has 6 heteroatoms. The largest absolute Gasteiger partial charge is 0.463 e. The molecule has 0 N–H and O–H groups in total. The van der Waals surface area contributed by atoms with Crippen LogP contribution in [-0.2, 0) is 11.3 Å². The third-order valence-corrected chi connectivity index (χ3v) is 4.79. The van der Waals surface area contributed by atoms with E-state index in [4.69, 9.17) is 4.42 Å². The van der Waals surface area contributed by atoms with Gasteiger partial charge in [-0.05, 0) is 60.2 Å². The molecule has 6 nitrogen and oxygen atoms in total. The van der Waals surface area contributed by atoms with Gasteiger partial charge in [0, 0.05) is 29.2 Å². The molecule has 0 fully saturated rings. The number of methoxy groups -OCH3 is 1. The molecule has 0 saturated carbocycles. The van der Waals surface area contributed by atoms with Crippen molar-refractivity contribution in [3.63, 3.8) is 0 Å². The highest BCUT2D eigenvalue weighted by molar-refractivity contribution is 6.06. The highest BCUT2D eigenvalue weighted by atomic mass is 16.5. The predicted octanol–water partition coefficient (Wildman–Crippen LogP) is 4.98. The number of anilines is 1. The molecule has 4 aromatic rings. The van der Waals surface area contributed by atoms with Gasteiger partial charge < -0.3 is 14.1 Å². The number of benzene rings is 2. The first-order chi connectivity index (χ1) is 15.2. The fraction of sp³-hybridized carbons (Fsp3) is 0.0800. The molecule has 0 bridgehead atoms. The van der Waals surface area contributed by atoms with Gasteiger partial charge in [0.25, 0.3) is 5.91 Å². The van der Waals surface area contributed by atoms with Gasteiger partial charge in [-0.3, -0.25) is 9.78 Å². The first kappa shape index (κ1) is 20.1. The van der Waals surface area contributed by atoms with Crippen molar-refractivity contribution in [2.75, 3.05) is 12.0 Å². The lowest BCUT2D eigenvalue weighted by atomic mass is 10.1. The zero-order valence-corrected chi connectivity index (χ0v) is 16.9. The SMILES string of the molecule is COC(=O)c1ccc(-c2ccc(N(Cc3cccnc3)C(=O)c3ccccc3)cc2)o1. The Balaban J connectivity index is 1.64. The number of esters is 1. The van der Waals surface area contributed by atoms with E-state index in [0.29, 0.717) is 17.9 Å². The van der Waals surface area contributed by atoms with E-state index >= 15 is 0 Å². The summed E-state index contributed by atoms with van der Waals surface area (Å²) in [5, 5.41) is 0. The maximum Gasteiger partial charge on any atom is 0.373 e. The molecule has 0 aliphatic rings. The number of aromatic nitrogens is 1. The molecular formula is C25H20N2O4. The average Bonchev–Trinajstić information content (AvgIpc) is 3.33. The minimum atomic E-state index is -0.529. The normalized spacial score (nSPS) is 10.5. The van der Waals surface area contributed by atoms with Crippen LogP contribution < -0.4 is 4.90 Å². The third kappa shape index (κ3) is 4.53. The summed E-state index contributed by atoms with van der Waals surface area (Å²) < 4.78 is 10.3. The van der Waals surface area contributed by atoms with Crippen LogP contribution in [0.2, 0.25) is 0 Å². The van der Waals surface area contributed by atoms with Crippen LogP contribution in [0.4, 0.5) is 5.69 Å². The molecule has 2 aromatic carbocycles. The van der Waals surface area contributed by atoms with Crippen molar-refractivity contribution in [1.82, 2.24) is 4.98 Å². The molecule has 0 spiro atoms. The number of hydrogen-bond donors (Lipinski definition) is 0. The van der Waals surface area contributed by atoms with Gasteiger partial charge in [0.1, 0.15) is 5.76 Å². The number of carbonyl (C=O) groups is 2. The fourth-order valence-electron chi connectivity index (χ4n) is 3.20. The van der Waals surface area contributed by atoms with Gasteiger partial charge >= 0.3 is 5.97 Å². The molecule has 0 aliphatic heterocycles. The monoisotopic (exact) mass is 412 g/mol. The van der Waals surface area contributed by atoms with Gasteiger partial charge in [-0.25, -0.2) is 4.79 Å². The number of hydrogen-bond acceptors (Lipinski definition) is 5. The van der Waals surface area contributed by atoms with Crippen molar-refractivity contribution in [3.8, 4) is 11.3 Å². The van der Waals surface area contributed by atoms with E-state index in [1.54, 1.807) is 41.6 Å². The fourth-order valence-corrected chi connectivity index (χ4v) is 3.20. The van der Waals surface area contributed by atoms with Gasteiger partial charge in [-0.2, -0.15) is 0 Å². The quantitative estimate of drug-likeness (QED) is 0.418. The lowest BCUT2D eigenvalue weighted by Gasteiger charge is -2.23. The second-order valence-electron chi connectivity index (χ2n) is 6.82. The maximum atomic E-state index is 13.3. The molecule has 4 rings (SSSR count). The standard InChI is InChI=1S/C25H20N2O4/c1-30-25(29)23-14-13-22(31-23)19-9-11-21(12-10-19)27(17-18-6-5-15-26-16-18)24(28)20-7-3-2-4-8-20/h2-16H,17H2,1H3. The molecule has 2 heterocycles. The third-order valence-electron chi connectivity index (χ3n) is 4.79. The van der Waals surface area contributed by atoms with E-state index in [1.807, 2.05) is 54.6 Å². The molecule has 0 saturated heterocycles. The number of amides is 1. The van der Waals surface area contributed by atoms with Crippen LogP contribution in [0.25, 0.3) is 11.3 Å². The van der Waals surface area contributed by atoms with Gasteiger partial charge in [0.2, 0.25) is 5.76 Å². The highest BCUT2D eigenvalue weighted by Gasteiger charge is 2.19. The molecule has 0 atom stereocenters. The van der Waals surface area contributed by atoms with Crippen molar-refractivity contribution in [2.45, 2.75) is 6.54 Å². The van der Waals surface area contributed by atoms with E-state index in [2.05, 4.69) is 9.72 Å². The summed E-state index contributed by atoms with van der Waals surface area (Å²) in [5.41, 5.74) is 3.04. The van der Waals surface area contributed by atoms with Gasteiger partial charge in [0.05, 0.1) is 13.7 Å². The Morgan fingerprint density at radius 3 is 2.39 bits per heavy atom. The number of pyridine rings is 1. The Kier molecular flexibility index (Phi) is 5.89. The second-order valence-corrected chi connectivity index (χ2v) is 6.82. The number of rotatable bonds is 6. The zero-order valence-electron chi connectivity index (χ0n) is 16.9. The molecule has 31 heavy (non-hydrogen) atoms. The van der Waals surface area contributed by atoms with Crippen molar-refractivity contribution < 1.29 is 18.7 Å². The van der Waals surface area contributed by atoms with Crippen LogP contribution in [0.3, 0.4) is 0 Å². The summed E-state index contributed by atoms with van der Waals surface area (Å²) >= 11 is 0. The van der Waals surface area contributed by atoms with E-state index in [1.165, 1.54) is 7.11 Å². The van der Waals surface area contributed by atoms with Crippen molar-refractivity contribution >= 4 is 17.6 Å². The van der Waals surface area contributed by atoms with Gasteiger partial charge in [0.15, 0.2) is 0 Å². The number of nitrogens with zero attached hydrogens (tertiary/aromatic N) is 2. The van der Waals surface area contributed by atoms with Crippen molar-refractivity contribution in [3.05, 3.63) is 108 Å². The van der Waals surface area contributed by atoms with Gasteiger partial charge in [-0.15, -0.1) is 0 Å². The van der Waals surface area contributed by atoms with Crippen LogP contribution in [0.15, 0.2) is 95.7 Å². The minimum absolute atomic E-state index is 0.108. The molecule has 0 radical (unpaired) electrons. The first-order valence-electron chi connectivity index (χ1n) is 9.70. The molecular weight excluding hydrogens is 392 g/mol. The van der Waals surface area contributed by atoms with E-state index in [0.717, 1.165) is 16.8 Å². The van der Waals surface area contributed by atoms with E-state index in [-0.39, 0.29) is 11.7 Å². The highest BCUT2D eigenvalue weighted by Crippen LogP contribution is 2.27. The van der Waals surface area contributed by atoms with Crippen LogP contribution >= 0.6 is 0 Å². The maximum absolute atomic E-state index is 13.3. The van der Waals surface area contributed by atoms with Gasteiger partial charge in [-0.1, -0.05) is 24.3 Å². The molecule has 154 valence electrons. The predicted molar refractivity (Wildman–Crippen MR) is 117 cm³/mol. The van der Waals surface area contributed by atoms with Crippen molar-refractivity contribution in [2.24, 2.45) is 0 Å². The summed E-state index contributed by atoms with van der Waals surface area (Å²) in [6.45, 7) is 0.383. The smallest absolute Gasteiger partial charge is 0.373 e. The summed E-state index contributed by atoms with van der Waals surface area (Å²) in [6, 6.07) is 23.6. The van der Waals surface area contributed by atoms with Crippen molar-refractivity contribution in [1.29, 1.82) is 0 Å². The lowest BCUT2D eigenvalue weighted by Crippen LogP contribution is -2.30. The Morgan fingerprint density at radius 1 is 0.935 bits per heavy atom. The van der Waals surface area contributed by atoms with Crippen LogP contribution in [0, 0.1) is 0 Å². The van der Waals surface area contributed by atoms with Crippen LogP contribution in [0.5, 0.6) is 0 Å². The van der Waals surface area contributed by atoms with Crippen LogP contribution in [0.1, 0.15) is 26.5 Å². The Labute approximate surface area is 179 Å². The molecule has 1 amide bonds. The van der Waals surface area contributed by atoms with E-state index in [9.17, 15) is 9.59 Å². The molecule has 2 aromatic heterocycles. The number of ether oxygens (including phenoxy) is 1. The summed E-state index contributed by atoms with van der Waals surface area (Å²) in [6.07, 6.45) is 3.45. The second kappa shape index (κ2) is 9.09. The summed E-state index contributed by atoms with van der Waals surface area (Å²) in [4.78, 5) is 30.7. The topological polar surface area (TPSA) is 72.6 Å². The number of furan rings is 1. The summed E-state index contributed by atoms with van der Waals surface area (Å²) in [5.74, 6) is 0.0429. The minimum Gasteiger partial charge on any atom is -0.463 e. The Morgan fingerprint density at radius 2 is 1.71 bits per heavy atom. The first-order valence-corrected chi connectivity index (χ1v) is 9.70. The zero-order chi connectivity index (χ0) is 21.6. The average molecular weight is 412 g/mol. The van der Waals surface area contributed by atoms with E-state index < -0.39 is 5.97 Å². The Bertz CT molecular complexity index is 1170. The number of carbonyl (C=O) groups excluding carboxylic acids is 2. The Hall–Kier alpha value is -4.19.